The second-order valence-corrected chi connectivity index (χ2v) is 6.83. The van der Waals surface area contributed by atoms with E-state index >= 15 is 0 Å². The van der Waals surface area contributed by atoms with E-state index in [1.807, 2.05) is 0 Å². The predicted molar refractivity (Wildman–Crippen MR) is 94.9 cm³/mol. The Morgan fingerprint density at radius 1 is 1.00 bits per heavy atom. The minimum absolute atomic E-state index is 0. The summed E-state index contributed by atoms with van der Waals surface area (Å²) in [5.41, 5.74) is 7.02. The van der Waals surface area contributed by atoms with Crippen molar-refractivity contribution in [3.8, 4) is 0 Å². The van der Waals surface area contributed by atoms with Crippen LogP contribution in [0.3, 0.4) is 0 Å². The van der Waals surface area contributed by atoms with Crippen LogP contribution in [-0.2, 0) is 10.1 Å². The molecule has 0 aliphatic heterocycles. The van der Waals surface area contributed by atoms with Gasteiger partial charge in [-0.15, -0.1) is 5.11 Å². The number of halogens is 1. The number of fused-ring (bicyclic) bond motifs is 1. The molecular weight excluding hydrogens is 373 g/mol. The monoisotopic (exact) mass is 385 g/mol. The summed E-state index contributed by atoms with van der Waals surface area (Å²) in [4.78, 5) is -0.266. The standard InChI is InChI=1S/C16H12ClN3O3S.Na.H/c17-10-5-7-11(8-6-10)19-20-14-9-15(24(21,22)23)12-3-1-2-4-13(12)16(14)18;;/h1-9H,18H2,(H,21,22,23);;/q;+1;-1. The van der Waals surface area contributed by atoms with Crippen LogP contribution < -0.4 is 35.3 Å². The zero-order chi connectivity index (χ0) is 17.3. The van der Waals surface area contributed by atoms with Crippen molar-refractivity contribution in [2.24, 2.45) is 10.2 Å². The Morgan fingerprint density at radius 2 is 1.60 bits per heavy atom. The Morgan fingerprint density at radius 3 is 2.20 bits per heavy atom. The van der Waals surface area contributed by atoms with Gasteiger partial charge in [-0.25, -0.2) is 0 Å². The summed E-state index contributed by atoms with van der Waals surface area (Å²) in [6.07, 6.45) is 0. The number of hydrogen-bond donors (Lipinski definition) is 2. The summed E-state index contributed by atoms with van der Waals surface area (Å²) in [7, 11) is -4.43. The van der Waals surface area contributed by atoms with Gasteiger partial charge >= 0.3 is 29.6 Å². The Hall–Kier alpha value is -1.48. The molecule has 9 heteroatoms. The van der Waals surface area contributed by atoms with Gasteiger partial charge < -0.3 is 7.16 Å². The average Bonchev–Trinajstić information content (AvgIpc) is 2.55. The predicted octanol–water partition coefficient (Wildman–Crippen LogP) is 1.85. The molecule has 0 saturated carbocycles. The first-order valence-corrected chi connectivity index (χ1v) is 8.64. The fourth-order valence-corrected chi connectivity index (χ4v) is 3.11. The Bertz CT molecular complexity index is 1060. The molecular formula is C16H13ClN3NaO3S. The van der Waals surface area contributed by atoms with Crippen LogP contribution >= 0.6 is 11.6 Å². The molecule has 0 heterocycles. The van der Waals surface area contributed by atoms with Crippen molar-refractivity contribution in [3.05, 3.63) is 59.6 Å². The molecule has 0 aromatic heterocycles. The molecule has 0 unspecified atom stereocenters. The van der Waals surface area contributed by atoms with Crippen molar-refractivity contribution in [2.75, 3.05) is 5.73 Å². The number of anilines is 1. The van der Waals surface area contributed by atoms with Gasteiger partial charge in [-0.3, -0.25) is 4.55 Å². The van der Waals surface area contributed by atoms with Crippen LogP contribution in [0.4, 0.5) is 17.1 Å². The molecule has 3 rings (SSSR count). The largest absolute Gasteiger partial charge is 1.00 e. The number of nitrogens with two attached hydrogens (primary N) is 1. The number of azo groups is 1. The summed E-state index contributed by atoms with van der Waals surface area (Å²) in [5, 5.41) is 9.38. The van der Waals surface area contributed by atoms with Gasteiger partial charge in [0.1, 0.15) is 10.6 Å². The first-order chi connectivity index (χ1) is 11.4. The molecule has 25 heavy (non-hydrogen) atoms. The number of nitrogen functional groups attached to an aromatic ring is 1. The zero-order valence-electron chi connectivity index (χ0n) is 14.2. The summed E-state index contributed by atoms with van der Waals surface area (Å²) in [6.45, 7) is 0. The van der Waals surface area contributed by atoms with Crippen molar-refractivity contribution < 1.29 is 44.0 Å². The quantitative estimate of drug-likeness (QED) is 0.310. The Balaban J connectivity index is 0.00000169. The van der Waals surface area contributed by atoms with Gasteiger partial charge in [-0.05, 0) is 30.3 Å². The van der Waals surface area contributed by atoms with E-state index < -0.39 is 10.1 Å². The van der Waals surface area contributed by atoms with Crippen molar-refractivity contribution in [1.29, 1.82) is 0 Å². The van der Waals surface area contributed by atoms with Crippen molar-refractivity contribution in [3.63, 3.8) is 0 Å². The van der Waals surface area contributed by atoms with Crippen LogP contribution in [0.1, 0.15) is 1.43 Å². The SMILES string of the molecule is Nc1c(N=Nc2ccc(Cl)cc2)cc(S(=O)(=O)O)c2ccccc12.[H-].[Na+]. The van der Waals surface area contributed by atoms with E-state index in [9.17, 15) is 13.0 Å². The number of nitrogens with zero attached hydrogens (tertiary/aromatic N) is 2. The number of hydrogen-bond acceptors (Lipinski definition) is 5. The average molecular weight is 386 g/mol. The zero-order valence-corrected chi connectivity index (χ0v) is 16.8. The van der Waals surface area contributed by atoms with Crippen molar-refractivity contribution in [2.45, 2.75) is 4.90 Å². The van der Waals surface area contributed by atoms with Crippen LogP contribution in [0.25, 0.3) is 10.8 Å². The van der Waals surface area contributed by atoms with Gasteiger partial charge in [-0.2, -0.15) is 13.5 Å². The molecule has 0 aliphatic carbocycles. The van der Waals surface area contributed by atoms with E-state index in [2.05, 4.69) is 10.2 Å². The molecule has 0 bridgehead atoms. The summed E-state index contributed by atoms with van der Waals surface area (Å²) in [6, 6.07) is 14.4. The minimum Gasteiger partial charge on any atom is -1.00 e. The fraction of sp³-hybridized carbons (Fsp3) is 0. The third-order valence-corrected chi connectivity index (χ3v) is 4.55. The number of benzene rings is 3. The van der Waals surface area contributed by atoms with E-state index in [1.165, 1.54) is 6.07 Å². The van der Waals surface area contributed by atoms with Gasteiger partial charge in [-0.1, -0.05) is 35.9 Å². The third-order valence-electron chi connectivity index (χ3n) is 3.40. The third kappa shape index (κ3) is 4.38. The van der Waals surface area contributed by atoms with Crippen LogP contribution in [0.2, 0.25) is 5.02 Å². The molecule has 3 N–H and O–H groups in total. The fourth-order valence-electron chi connectivity index (χ4n) is 2.27. The first kappa shape index (κ1) is 19.8. The molecule has 0 aliphatic rings. The van der Waals surface area contributed by atoms with Crippen molar-refractivity contribution >= 4 is 49.6 Å². The molecule has 0 amide bonds. The Kier molecular flexibility index (Phi) is 6.21. The molecule has 0 fully saturated rings. The molecule has 6 nitrogen and oxygen atoms in total. The number of rotatable bonds is 3. The van der Waals surface area contributed by atoms with Gasteiger partial charge in [0.15, 0.2) is 0 Å². The van der Waals surface area contributed by atoms with Gasteiger partial charge in [0.2, 0.25) is 0 Å². The second-order valence-electron chi connectivity index (χ2n) is 5.00. The maximum absolute atomic E-state index is 11.6. The maximum atomic E-state index is 11.6. The molecule has 0 radical (unpaired) electrons. The van der Waals surface area contributed by atoms with E-state index in [1.54, 1.807) is 48.5 Å². The van der Waals surface area contributed by atoms with Gasteiger partial charge in [0.05, 0.1) is 11.4 Å². The van der Waals surface area contributed by atoms with E-state index in [-0.39, 0.29) is 47.3 Å². The van der Waals surface area contributed by atoms with E-state index in [0.717, 1.165) is 0 Å². The maximum Gasteiger partial charge on any atom is 1.00 e. The van der Waals surface area contributed by atoms with E-state index in [0.29, 0.717) is 21.5 Å². The van der Waals surface area contributed by atoms with E-state index in [4.69, 9.17) is 17.3 Å². The Labute approximate surface area is 173 Å². The normalized spacial score (nSPS) is 11.6. The van der Waals surface area contributed by atoms with Gasteiger partial charge in [0.25, 0.3) is 10.1 Å². The second kappa shape index (κ2) is 7.82. The molecule has 3 aromatic carbocycles. The molecule has 3 aromatic rings. The summed E-state index contributed by atoms with van der Waals surface area (Å²) in [5.74, 6) is 0. The first-order valence-electron chi connectivity index (χ1n) is 6.82. The van der Waals surface area contributed by atoms with Gasteiger partial charge in [0, 0.05) is 15.8 Å². The summed E-state index contributed by atoms with van der Waals surface area (Å²) < 4.78 is 32.8. The topological polar surface area (TPSA) is 105 Å². The van der Waals surface area contributed by atoms with Crippen LogP contribution in [-0.4, -0.2) is 13.0 Å². The van der Waals surface area contributed by atoms with Crippen LogP contribution in [0.5, 0.6) is 0 Å². The molecule has 0 atom stereocenters. The smallest absolute Gasteiger partial charge is 1.00 e. The minimum atomic E-state index is -4.43. The summed E-state index contributed by atoms with van der Waals surface area (Å²) >= 11 is 5.80. The molecule has 0 spiro atoms. The molecule has 124 valence electrons. The van der Waals surface area contributed by atoms with Crippen molar-refractivity contribution in [1.82, 2.24) is 0 Å². The molecule has 0 saturated heterocycles. The van der Waals surface area contributed by atoms with Crippen LogP contribution in [0.15, 0.2) is 69.7 Å². The van der Waals surface area contributed by atoms with Crippen LogP contribution in [0, 0.1) is 0 Å².